The number of nitro groups is 1. The lowest BCUT2D eigenvalue weighted by atomic mass is 10.1. The second kappa shape index (κ2) is 8.79. The highest BCUT2D eigenvalue weighted by atomic mass is 16.6. The fraction of sp³-hybridized carbons (Fsp3) is 0.263. The summed E-state index contributed by atoms with van der Waals surface area (Å²) in [5.74, 6) is -1.17. The summed E-state index contributed by atoms with van der Waals surface area (Å²) in [5, 5.41) is 13.8. The highest BCUT2D eigenvalue weighted by Crippen LogP contribution is 2.25. The molecule has 0 bridgehead atoms. The number of carbonyl (C=O) groups is 2. The van der Waals surface area contributed by atoms with Crippen molar-refractivity contribution in [2.24, 2.45) is 0 Å². The van der Waals surface area contributed by atoms with E-state index in [9.17, 15) is 19.7 Å². The second-order valence-corrected chi connectivity index (χ2v) is 5.91. The van der Waals surface area contributed by atoms with Crippen LogP contribution in [0.5, 0.6) is 0 Å². The van der Waals surface area contributed by atoms with Crippen LogP contribution in [0.2, 0.25) is 0 Å². The summed E-state index contributed by atoms with van der Waals surface area (Å²) in [6, 6.07) is 13.2. The zero-order valence-electron chi connectivity index (χ0n) is 15.3. The summed E-state index contributed by atoms with van der Waals surface area (Å²) >= 11 is 0. The van der Waals surface area contributed by atoms with Gasteiger partial charge in [0.2, 0.25) is 0 Å². The molecular formula is C19H21N3O5. The maximum Gasteiger partial charge on any atom is 0.338 e. The Morgan fingerprint density at radius 1 is 1.22 bits per heavy atom. The van der Waals surface area contributed by atoms with E-state index in [1.165, 1.54) is 17.0 Å². The largest absolute Gasteiger partial charge is 0.452 e. The number of amides is 1. The van der Waals surface area contributed by atoms with Gasteiger partial charge in [-0.25, -0.2) is 4.79 Å². The van der Waals surface area contributed by atoms with Gasteiger partial charge >= 0.3 is 5.97 Å². The number of ether oxygens (including phenoxy) is 1. The molecule has 0 spiro atoms. The molecule has 8 heteroatoms. The standard InChI is InChI=1S/C19H21N3O5/c1-13(14-7-5-4-6-8-14)21(3)18(23)12-27-19(24)15-9-10-16(20-2)17(11-15)22(25)26/h4-11,13,20H,12H2,1-3H3/t13-/m1/s1. The minimum Gasteiger partial charge on any atom is -0.452 e. The van der Waals surface area contributed by atoms with Crippen molar-refractivity contribution in [3.05, 3.63) is 69.8 Å². The molecule has 0 aliphatic heterocycles. The molecule has 1 atom stereocenters. The Hall–Kier alpha value is -3.42. The predicted molar refractivity (Wildman–Crippen MR) is 101 cm³/mol. The van der Waals surface area contributed by atoms with E-state index < -0.39 is 17.5 Å². The van der Waals surface area contributed by atoms with Crippen LogP contribution >= 0.6 is 0 Å². The monoisotopic (exact) mass is 371 g/mol. The first kappa shape index (κ1) is 19.9. The molecule has 2 rings (SSSR count). The zero-order chi connectivity index (χ0) is 20.0. The van der Waals surface area contributed by atoms with Crippen molar-refractivity contribution in [1.82, 2.24) is 4.90 Å². The van der Waals surface area contributed by atoms with Gasteiger partial charge in [0.05, 0.1) is 16.5 Å². The van der Waals surface area contributed by atoms with Crippen LogP contribution in [0.1, 0.15) is 28.9 Å². The number of rotatable bonds is 7. The van der Waals surface area contributed by atoms with Gasteiger partial charge in [-0.2, -0.15) is 0 Å². The van der Waals surface area contributed by atoms with Crippen molar-refractivity contribution < 1.29 is 19.2 Å². The Bertz CT molecular complexity index is 838. The Morgan fingerprint density at radius 3 is 2.48 bits per heavy atom. The molecule has 0 heterocycles. The molecule has 0 saturated heterocycles. The van der Waals surface area contributed by atoms with E-state index in [0.29, 0.717) is 0 Å². The first-order valence-electron chi connectivity index (χ1n) is 8.29. The molecule has 0 radical (unpaired) electrons. The molecule has 8 nitrogen and oxygen atoms in total. The number of nitrogens with one attached hydrogen (secondary N) is 1. The molecule has 0 fully saturated rings. The van der Waals surface area contributed by atoms with Gasteiger partial charge < -0.3 is 15.0 Å². The van der Waals surface area contributed by atoms with E-state index in [1.807, 2.05) is 37.3 Å². The van der Waals surface area contributed by atoms with E-state index >= 15 is 0 Å². The zero-order valence-corrected chi connectivity index (χ0v) is 15.3. The van der Waals surface area contributed by atoms with Gasteiger partial charge in [0.15, 0.2) is 6.61 Å². The Morgan fingerprint density at radius 2 is 1.89 bits per heavy atom. The number of carbonyl (C=O) groups excluding carboxylic acids is 2. The number of likely N-dealkylation sites (N-methyl/N-ethyl adjacent to an activating group) is 1. The fourth-order valence-electron chi connectivity index (χ4n) is 2.50. The maximum absolute atomic E-state index is 12.3. The quantitative estimate of drug-likeness (QED) is 0.456. The van der Waals surface area contributed by atoms with Crippen molar-refractivity contribution in [3.63, 3.8) is 0 Å². The molecule has 0 aliphatic carbocycles. The first-order valence-corrected chi connectivity index (χ1v) is 8.29. The molecular weight excluding hydrogens is 350 g/mol. The number of anilines is 1. The summed E-state index contributed by atoms with van der Waals surface area (Å²) < 4.78 is 5.03. The average molecular weight is 371 g/mol. The third kappa shape index (κ3) is 4.81. The number of esters is 1. The third-order valence-electron chi connectivity index (χ3n) is 4.28. The first-order chi connectivity index (χ1) is 12.8. The van der Waals surface area contributed by atoms with Crippen LogP contribution in [0, 0.1) is 10.1 Å². The average Bonchev–Trinajstić information content (AvgIpc) is 2.70. The van der Waals surface area contributed by atoms with E-state index in [1.54, 1.807) is 14.1 Å². The summed E-state index contributed by atoms with van der Waals surface area (Å²) in [5.41, 5.74) is 1.00. The topological polar surface area (TPSA) is 102 Å². The lowest BCUT2D eigenvalue weighted by Crippen LogP contribution is -2.33. The summed E-state index contributed by atoms with van der Waals surface area (Å²) in [7, 11) is 3.17. The third-order valence-corrected chi connectivity index (χ3v) is 4.28. The van der Waals surface area contributed by atoms with Crippen LogP contribution < -0.4 is 5.32 Å². The van der Waals surface area contributed by atoms with Crippen molar-refractivity contribution >= 4 is 23.3 Å². The van der Waals surface area contributed by atoms with Crippen LogP contribution in [0.15, 0.2) is 48.5 Å². The van der Waals surface area contributed by atoms with Crippen LogP contribution in [0.4, 0.5) is 11.4 Å². The van der Waals surface area contributed by atoms with Gasteiger partial charge in [-0.05, 0) is 24.6 Å². The Balaban J connectivity index is 2.01. The van der Waals surface area contributed by atoms with Crippen molar-refractivity contribution in [1.29, 1.82) is 0 Å². The maximum atomic E-state index is 12.3. The van der Waals surface area contributed by atoms with Crippen molar-refractivity contribution in [2.75, 3.05) is 26.0 Å². The van der Waals surface area contributed by atoms with Gasteiger partial charge in [-0.3, -0.25) is 14.9 Å². The van der Waals surface area contributed by atoms with Crippen LogP contribution in [0.25, 0.3) is 0 Å². The highest BCUT2D eigenvalue weighted by molar-refractivity contribution is 5.93. The lowest BCUT2D eigenvalue weighted by Gasteiger charge is -2.25. The molecule has 142 valence electrons. The van der Waals surface area contributed by atoms with Gasteiger partial charge in [0.1, 0.15) is 5.69 Å². The minimum atomic E-state index is -0.796. The van der Waals surface area contributed by atoms with E-state index in [2.05, 4.69) is 5.32 Å². The van der Waals surface area contributed by atoms with Crippen LogP contribution in [0.3, 0.4) is 0 Å². The van der Waals surface area contributed by atoms with E-state index in [4.69, 9.17) is 4.74 Å². The molecule has 0 aliphatic rings. The molecule has 0 aromatic heterocycles. The lowest BCUT2D eigenvalue weighted by molar-refractivity contribution is -0.384. The highest BCUT2D eigenvalue weighted by Gasteiger charge is 2.21. The summed E-state index contributed by atoms with van der Waals surface area (Å²) in [6.07, 6.45) is 0. The fourth-order valence-corrected chi connectivity index (χ4v) is 2.50. The Kier molecular flexibility index (Phi) is 6.48. The number of nitro benzene ring substituents is 1. The van der Waals surface area contributed by atoms with Gasteiger partial charge in [0.25, 0.3) is 11.6 Å². The molecule has 2 aromatic carbocycles. The smallest absolute Gasteiger partial charge is 0.338 e. The minimum absolute atomic E-state index is 0.00672. The van der Waals surface area contributed by atoms with Gasteiger partial charge in [-0.15, -0.1) is 0 Å². The number of benzene rings is 2. The van der Waals surface area contributed by atoms with Gasteiger partial charge in [0, 0.05) is 20.2 Å². The van der Waals surface area contributed by atoms with Crippen LogP contribution in [-0.4, -0.2) is 42.4 Å². The van der Waals surface area contributed by atoms with E-state index in [-0.39, 0.29) is 28.9 Å². The molecule has 2 aromatic rings. The summed E-state index contributed by atoms with van der Waals surface area (Å²) in [4.78, 5) is 36.4. The molecule has 27 heavy (non-hydrogen) atoms. The molecule has 1 amide bonds. The number of hydrogen-bond acceptors (Lipinski definition) is 6. The summed E-state index contributed by atoms with van der Waals surface area (Å²) in [6.45, 7) is 1.42. The second-order valence-electron chi connectivity index (χ2n) is 5.91. The predicted octanol–water partition coefficient (Wildman–Crippen LogP) is 3.01. The molecule has 0 saturated carbocycles. The van der Waals surface area contributed by atoms with E-state index in [0.717, 1.165) is 11.6 Å². The normalized spacial score (nSPS) is 11.4. The van der Waals surface area contributed by atoms with Crippen molar-refractivity contribution in [2.45, 2.75) is 13.0 Å². The van der Waals surface area contributed by atoms with Crippen molar-refractivity contribution in [3.8, 4) is 0 Å². The van der Waals surface area contributed by atoms with Gasteiger partial charge in [-0.1, -0.05) is 30.3 Å². The van der Waals surface area contributed by atoms with Crippen LogP contribution in [-0.2, 0) is 9.53 Å². The Labute approximate surface area is 156 Å². The molecule has 1 N–H and O–H groups in total. The molecule has 0 unspecified atom stereocenters. The number of nitrogens with zero attached hydrogens (tertiary/aromatic N) is 2. The SMILES string of the molecule is CNc1ccc(C(=O)OCC(=O)N(C)[C@H](C)c2ccccc2)cc1[N+](=O)[O-]. The number of hydrogen-bond donors (Lipinski definition) is 1.